The van der Waals surface area contributed by atoms with Gasteiger partial charge < -0.3 is 5.48 Å². The minimum Gasteiger partial charge on any atom is 0 e. The van der Waals surface area contributed by atoms with Gasteiger partial charge in [-0.2, -0.15) is 0 Å². The fraction of sp³-hybridized carbons (Fsp3) is 0. The van der Waals surface area contributed by atoms with Crippen LogP contribution in [0.25, 0.3) is 0 Å². The van der Waals surface area contributed by atoms with E-state index in [1.807, 2.05) is 0 Å². The summed E-state index contributed by atoms with van der Waals surface area (Å²) in [6, 6.07) is 0. The Morgan fingerprint density at radius 2 is 1.00 bits per heavy atom. The Hall–Kier alpha value is 2.38. The largest absolute Gasteiger partial charge is 0 e. The van der Waals surface area contributed by atoms with E-state index in [1.165, 1.54) is 0 Å². The monoisotopic (exact) mass is 304 g/mol. The van der Waals surface area contributed by atoms with Crippen LogP contribution in [0, 0.1) is 40.4 Å². The van der Waals surface area contributed by atoms with Gasteiger partial charge in [0, 0.05) is 57.5 Å². The molecule has 1 nitrogen and oxygen atoms in total. The summed E-state index contributed by atoms with van der Waals surface area (Å²) in [6.07, 6.45) is 0. The van der Waals surface area contributed by atoms with E-state index in [0.29, 0.717) is 0 Å². The molecule has 0 aliphatic heterocycles. The zero-order valence-electron chi connectivity index (χ0n) is 1.97. The maximum Gasteiger partial charge on any atom is 0 e. The molecular formula is H5AsFeOSm. The normalized spacial score (nSPS) is 0. The molecule has 0 bridgehead atoms. The van der Waals surface area contributed by atoms with Crippen molar-refractivity contribution in [3.05, 3.63) is 0 Å². The Morgan fingerprint density at radius 3 is 1.00 bits per heavy atom. The Labute approximate surface area is 79.5 Å². The average molecular weight is 302 g/mol. The van der Waals surface area contributed by atoms with Crippen LogP contribution < -0.4 is 0 Å². The van der Waals surface area contributed by atoms with Gasteiger partial charge in [0.05, 0.1) is 0 Å². The third-order valence-electron chi connectivity index (χ3n) is 0. The Bertz CT molecular complexity index is 8.00. The average Bonchev–Trinajstić information content (AvgIpc) is 0. The summed E-state index contributed by atoms with van der Waals surface area (Å²) in [7, 11) is 0. The van der Waals surface area contributed by atoms with E-state index in [1.54, 1.807) is 0 Å². The zero-order valence-corrected chi connectivity index (χ0v) is 8.66. The molecule has 0 radical (unpaired) electrons. The molecule has 4 heavy (non-hydrogen) atoms. The van der Waals surface area contributed by atoms with Crippen molar-refractivity contribution in [2.75, 3.05) is 0 Å². The molecule has 0 aliphatic carbocycles. The number of hydrogen-bond acceptors (Lipinski definition) is 0. The summed E-state index contributed by atoms with van der Waals surface area (Å²) >= 11 is 0. The quantitative estimate of drug-likeness (QED) is 0.463. The van der Waals surface area contributed by atoms with E-state index in [2.05, 4.69) is 0 Å². The molecule has 0 saturated heterocycles. The van der Waals surface area contributed by atoms with Gasteiger partial charge in [-0.1, -0.05) is 0 Å². The van der Waals surface area contributed by atoms with Crippen LogP contribution in [0.5, 0.6) is 0 Å². The minimum atomic E-state index is 0. The maximum absolute atomic E-state index is 0. The van der Waals surface area contributed by atoms with E-state index >= 15 is 0 Å². The van der Waals surface area contributed by atoms with Gasteiger partial charge >= 0.3 is 18.0 Å². The standard InChI is InChI=1S/AsH3.Fe.H2O.Sm/h1H3;;1H2;. The van der Waals surface area contributed by atoms with Gasteiger partial charge in [0.2, 0.25) is 0 Å². The summed E-state index contributed by atoms with van der Waals surface area (Å²) in [4.78, 5) is 0. The van der Waals surface area contributed by atoms with Crippen molar-refractivity contribution >= 4 is 18.0 Å². The predicted molar refractivity (Wildman–Crippen MR) is 13.6 cm³/mol. The molecule has 0 fully saturated rings. The first-order valence-corrected chi connectivity index (χ1v) is 0. The summed E-state index contributed by atoms with van der Waals surface area (Å²) in [6.45, 7) is 0. The predicted octanol–water partition coefficient (Wildman–Crippen LogP) is -2.01. The Morgan fingerprint density at radius 1 is 1.00 bits per heavy atom. The molecule has 0 amide bonds. The molecule has 0 saturated carbocycles. The Kier molecular flexibility index (Phi) is 149. The number of rotatable bonds is 0. The van der Waals surface area contributed by atoms with Gasteiger partial charge in [-0.3, -0.25) is 0 Å². The van der Waals surface area contributed by atoms with Crippen LogP contribution in [-0.4, -0.2) is 23.4 Å². The van der Waals surface area contributed by atoms with Gasteiger partial charge in [0.25, 0.3) is 0 Å². The maximum atomic E-state index is 0. The molecule has 0 spiro atoms. The van der Waals surface area contributed by atoms with Gasteiger partial charge in [0.15, 0.2) is 0 Å². The van der Waals surface area contributed by atoms with E-state index < -0.39 is 0 Å². The molecule has 4 heteroatoms. The Balaban J connectivity index is 0. The molecule has 0 aliphatic rings. The minimum absolute atomic E-state index is 0. The molecule has 30 valence electrons. The first-order chi connectivity index (χ1) is 0. The molecule has 2 N–H and O–H groups in total. The van der Waals surface area contributed by atoms with Crippen LogP contribution in [0.4, 0.5) is 0 Å². The summed E-state index contributed by atoms with van der Waals surface area (Å²) in [5.74, 6) is 0. The van der Waals surface area contributed by atoms with Crippen LogP contribution in [0.2, 0.25) is 0 Å². The first kappa shape index (κ1) is 32.6. The smallest absolute Gasteiger partial charge is 0 e. The van der Waals surface area contributed by atoms with Crippen LogP contribution in [0.1, 0.15) is 0 Å². The first-order valence-electron chi connectivity index (χ1n) is 0. The second kappa shape index (κ2) is 18.2. The fourth-order valence-corrected chi connectivity index (χ4v) is 0. The molecule has 0 heterocycles. The van der Waals surface area contributed by atoms with Crippen molar-refractivity contribution in [2.24, 2.45) is 0 Å². The molecule has 1 unspecified atom stereocenters. The van der Waals surface area contributed by atoms with Crippen molar-refractivity contribution in [3.8, 4) is 0 Å². The van der Waals surface area contributed by atoms with E-state index in [0.717, 1.165) is 0 Å². The topological polar surface area (TPSA) is 31.5 Å². The fourth-order valence-electron chi connectivity index (χ4n) is 0. The second-order valence-corrected chi connectivity index (χ2v) is 0. The van der Waals surface area contributed by atoms with Crippen LogP contribution in [0.3, 0.4) is 0 Å². The van der Waals surface area contributed by atoms with Crippen LogP contribution in [-0.2, 0) is 17.1 Å². The van der Waals surface area contributed by atoms with Crippen molar-refractivity contribution in [1.82, 2.24) is 0 Å². The molecule has 0 rings (SSSR count). The summed E-state index contributed by atoms with van der Waals surface area (Å²) in [5.41, 5.74) is 0. The molecule has 0 aromatic rings. The van der Waals surface area contributed by atoms with E-state index in [4.69, 9.17) is 0 Å². The van der Waals surface area contributed by atoms with Crippen LogP contribution >= 0.6 is 0 Å². The van der Waals surface area contributed by atoms with Gasteiger partial charge in [-0.05, 0) is 0 Å². The van der Waals surface area contributed by atoms with E-state index in [-0.39, 0.29) is 80.9 Å². The third-order valence-corrected chi connectivity index (χ3v) is 0. The van der Waals surface area contributed by atoms with Crippen molar-refractivity contribution in [2.45, 2.75) is 0 Å². The SMILES string of the molecule is O.[AsH3].[Fe].[Sm]. The van der Waals surface area contributed by atoms with Gasteiger partial charge in [0.1, 0.15) is 0 Å². The third kappa shape index (κ3) is 8.83. The molecule has 0 aromatic carbocycles. The molecule has 0 aromatic heterocycles. The van der Waals surface area contributed by atoms with Crippen LogP contribution in [0.15, 0.2) is 0 Å². The molecule has 1 atom stereocenters. The van der Waals surface area contributed by atoms with Gasteiger partial charge in [-0.15, -0.1) is 0 Å². The van der Waals surface area contributed by atoms with Crippen molar-refractivity contribution in [3.63, 3.8) is 0 Å². The van der Waals surface area contributed by atoms with Gasteiger partial charge in [-0.25, -0.2) is 0 Å². The van der Waals surface area contributed by atoms with Crippen molar-refractivity contribution < 1.29 is 62.9 Å². The zero-order chi connectivity index (χ0) is 0. The van der Waals surface area contributed by atoms with Crippen molar-refractivity contribution in [1.29, 1.82) is 0 Å². The van der Waals surface area contributed by atoms with E-state index in [9.17, 15) is 0 Å². The summed E-state index contributed by atoms with van der Waals surface area (Å²) < 4.78 is 0. The second-order valence-electron chi connectivity index (χ2n) is 0. The molecular weight excluding hydrogens is 297 g/mol. The summed E-state index contributed by atoms with van der Waals surface area (Å²) in [5, 5.41) is 0. The number of hydrogen-bond donors (Lipinski definition) is 0.